The molecule has 0 aliphatic heterocycles. The van der Waals surface area contributed by atoms with Crippen LogP contribution in [0.4, 0.5) is 0 Å². The van der Waals surface area contributed by atoms with Gasteiger partial charge in [-0.15, -0.1) is 0 Å². The number of benzene rings is 3. The van der Waals surface area contributed by atoms with Gasteiger partial charge < -0.3 is 4.42 Å². The Hall–Kier alpha value is -2.58. The minimum absolute atomic E-state index is 0.0165. The summed E-state index contributed by atoms with van der Waals surface area (Å²) in [5.41, 5.74) is 4.60. The molecule has 4 aromatic rings. The first-order valence-corrected chi connectivity index (χ1v) is 7.41. The van der Waals surface area contributed by atoms with E-state index >= 15 is 0 Å². The Bertz CT molecular complexity index is 1110. The van der Waals surface area contributed by atoms with Crippen LogP contribution in [-0.4, -0.2) is 5.78 Å². The zero-order valence-corrected chi connectivity index (χ0v) is 12.1. The van der Waals surface area contributed by atoms with Gasteiger partial charge in [0.1, 0.15) is 11.2 Å². The van der Waals surface area contributed by atoms with Crippen LogP contribution in [0, 0.1) is 0 Å². The van der Waals surface area contributed by atoms with Crippen LogP contribution in [0.25, 0.3) is 33.1 Å². The van der Waals surface area contributed by atoms with Crippen molar-refractivity contribution >= 4 is 39.3 Å². The maximum Gasteiger partial charge on any atom is 0.198 e. The van der Waals surface area contributed by atoms with Crippen molar-refractivity contribution in [3.8, 4) is 11.1 Å². The minimum Gasteiger partial charge on any atom is -0.455 e. The summed E-state index contributed by atoms with van der Waals surface area (Å²) in [5.74, 6) is -0.0165. The number of furan rings is 1. The third kappa shape index (κ3) is 1.38. The Balaban J connectivity index is 1.94. The molecule has 22 heavy (non-hydrogen) atoms. The molecule has 0 fully saturated rings. The van der Waals surface area contributed by atoms with E-state index in [9.17, 15) is 4.79 Å². The number of halogens is 1. The maximum absolute atomic E-state index is 12.8. The average Bonchev–Trinajstić information content (AvgIpc) is 3.04. The number of rotatable bonds is 0. The molecule has 1 aliphatic rings. The normalized spacial score (nSPS) is 12.9. The van der Waals surface area contributed by atoms with Crippen LogP contribution < -0.4 is 0 Å². The molecule has 1 aromatic heterocycles. The van der Waals surface area contributed by atoms with Crippen molar-refractivity contribution in [2.45, 2.75) is 0 Å². The van der Waals surface area contributed by atoms with Crippen LogP contribution in [0.1, 0.15) is 15.9 Å². The fraction of sp³-hybridized carbons (Fsp3) is 0. The summed E-state index contributed by atoms with van der Waals surface area (Å²) in [6, 6.07) is 17.3. The van der Waals surface area contributed by atoms with Crippen molar-refractivity contribution in [3.05, 3.63) is 70.7 Å². The van der Waals surface area contributed by atoms with Crippen molar-refractivity contribution in [2.75, 3.05) is 0 Å². The summed E-state index contributed by atoms with van der Waals surface area (Å²) in [5, 5.41) is 2.57. The first-order chi connectivity index (χ1) is 10.7. The van der Waals surface area contributed by atoms with Gasteiger partial charge in [0, 0.05) is 21.4 Å². The first-order valence-electron chi connectivity index (χ1n) is 7.03. The molecule has 5 rings (SSSR count). The van der Waals surface area contributed by atoms with Gasteiger partial charge in [-0.3, -0.25) is 4.79 Å². The Morgan fingerprint density at radius 3 is 2.55 bits per heavy atom. The molecule has 0 atom stereocenters. The molecule has 0 saturated heterocycles. The molecular formula is C19H9ClO2. The van der Waals surface area contributed by atoms with Crippen LogP contribution in [0.2, 0.25) is 5.02 Å². The number of ketones is 1. The van der Waals surface area contributed by atoms with Crippen molar-refractivity contribution in [2.24, 2.45) is 0 Å². The predicted octanol–water partition coefficient (Wildman–Crippen LogP) is 5.45. The largest absolute Gasteiger partial charge is 0.455 e. The standard InChI is InChI=1S/C19H9ClO2/c20-10-5-6-11-13-7-8-14-12-3-1-2-4-16(12)22-19(14)17(13)18(21)15(11)9-10/h1-9H. The summed E-state index contributed by atoms with van der Waals surface area (Å²) in [6.45, 7) is 0. The summed E-state index contributed by atoms with van der Waals surface area (Å²) in [4.78, 5) is 12.8. The predicted molar refractivity (Wildman–Crippen MR) is 87.6 cm³/mol. The lowest BCUT2D eigenvalue weighted by atomic mass is 10.0. The van der Waals surface area contributed by atoms with Crippen molar-refractivity contribution < 1.29 is 9.21 Å². The van der Waals surface area contributed by atoms with Crippen LogP contribution in [0.15, 0.2) is 59.0 Å². The summed E-state index contributed by atoms with van der Waals surface area (Å²) < 4.78 is 5.97. The molecule has 0 N–H and O–H groups in total. The molecule has 1 heterocycles. The number of fused-ring (bicyclic) bond motifs is 7. The van der Waals surface area contributed by atoms with Gasteiger partial charge in [-0.05, 0) is 35.4 Å². The van der Waals surface area contributed by atoms with E-state index < -0.39 is 0 Å². The fourth-order valence-corrected chi connectivity index (χ4v) is 3.48. The third-order valence-electron chi connectivity index (χ3n) is 4.29. The second-order valence-electron chi connectivity index (χ2n) is 5.48. The molecule has 0 saturated carbocycles. The lowest BCUT2D eigenvalue weighted by Gasteiger charge is -1.99. The number of carbonyl (C=O) groups excluding carboxylic acids is 1. The monoisotopic (exact) mass is 304 g/mol. The highest BCUT2D eigenvalue weighted by atomic mass is 35.5. The lowest BCUT2D eigenvalue weighted by molar-refractivity contribution is 0.104. The third-order valence-corrected chi connectivity index (χ3v) is 4.53. The van der Waals surface area contributed by atoms with Gasteiger partial charge >= 0.3 is 0 Å². The first kappa shape index (κ1) is 12.0. The minimum atomic E-state index is -0.0165. The van der Waals surface area contributed by atoms with E-state index in [0.717, 1.165) is 27.5 Å². The van der Waals surface area contributed by atoms with E-state index in [0.29, 0.717) is 21.7 Å². The fourth-order valence-electron chi connectivity index (χ4n) is 3.31. The van der Waals surface area contributed by atoms with Crippen LogP contribution in [0.3, 0.4) is 0 Å². The second-order valence-corrected chi connectivity index (χ2v) is 5.92. The second kappa shape index (κ2) is 3.99. The van der Waals surface area contributed by atoms with Crippen LogP contribution >= 0.6 is 11.6 Å². The molecule has 3 aromatic carbocycles. The Labute approximate surface area is 130 Å². The summed E-state index contributed by atoms with van der Waals surface area (Å²) >= 11 is 6.04. The SMILES string of the molecule is O=C1c2cc(Cl)ccc2-c2ccc3c(oc4ccccc43)c21. The lowest BCUT2D eigenvalue weighted by Crippen LogP contribution is -1.95. The van der Waals surface area contributed by atoms with Gasteiger partial charge in [0.2, 0.25) is 0 Å². The van der Waals surface area contributed by atoms with E-state index in [2.05, 4.69) is 0 Å². The van der Waals surface area contributed by atoms with E-state index in [1.807, 2.05) is 48.5 Å². The number of hydrogen-bond acceptors (Lipinski definition) is 2. The molecule has 3 heteroatoms. The topological polar surface area (TPSA) is 30.2 Å². The zero-order valence-electron chi connectivity index (χ0n) is 11.4. The van der Waals surface area contributed by atoms with E-state index in [4.69, 9.17) is 16.0 Å². The highest BCUT2D eigenvalue weighted by molar-refractivity contribution is 6.33. The molecule has 104 valence electrons. The van der Waals surface area contributed by atoms with Crippen molar-refractivity contribution in [3.63, 3.8) is 0 Å². The zero-order chi connectivity index (χ0) is 14.8. The number of para-hydroxylation sites is 1. The van der Waals surface area contributed by atoms with Gasteiger partial charge in [-0.25, -0.2) is 0 Å². The average molecular weight is 305 g/mol. The summed E-state index contributed by atoms with van der Waals surface area (Å²) in [6.07, 6.45) is 0. The van der Waals surface area contributed by atoms with Gasteiger partial charge in [0.15, 0.2) is 5.78 Å². The van der Waals surface area contributed by atoms with Gasteiger partial charge in [-0.2, -0.15) is 0 Å². The van der Waals surface area contributed by atoms with Crippen molar-refractivity contribution in [1.82, 2.24) is 0 Å². The quantitative estimate of drug-likeness (QED) is 0.381. The number of hydrogen-bond donors (Lipinski definition) is 0. The van der Waals surface area contributed by atoms with Gasteiger partial charge in [0.05, 0.1) is 5.56 Å². The highest BCUT2D eigenvalue weighted by Gasteiger charge is 2.30. The summed E-state index contributed by atoms with van der Waals surface area (Å²) in [7, 11) is 0. The molecule has 0 radical (unpaired) electrons. The maximum atomic E-state index is 12.8. The Morgan fingerprint density at radius 2 is 1.64 bits per heavy atom. The van der Waals surface area contributed by atoms with E-state index in [1.54, 1.807) is 6.07 Å². The van der Waals surface area contributed by atoms with Crippen molar-refractivity contribution in [1.29, 1.82) is 0 Å². The number of carbonyl (C=O) groups is 1. The highest BCUT2D eigenvalue weighted by Crippen LogP contribution is 2.43. The molecular weight excluding hydrogens is 296 g/mol. The van der Waals surface area contributed by atoms with Gasteiger partial charge in [0.25, 0.3) is 0 Å². The van der Waals surface area contributed by atoms with E-state index in [1.165, 1.54) is 0 Å². The van der Waals surface area contributed by atoms with E-state index in [-0.39, 0.29) is 5.78 Å². The molecule has 0 unspecified atom stereocenters. The Morgan fingerprint density at radius 1 is 0.818 bits per heavy atom. The molecule has 0 spiro atoms. The van der Waals surface area contributed by atoms with Crippen LogP contribution in [0.5, 0.6) is 0 Å². The van der Waals surface area contributed by atoms with Crippen LogP contribution in [-0.2, 0) is 0 Å². The molecule has 0 amide bonds. The molecule has 1 aliphatic carbocycles. The van der Waals surface area contributed by atoms with Gasteiger partial charge in [-0.1, -0.05) is 41.9 Å². The molecule has 2 nitrogen and oxygen atoms in total. The smallest absolute Gasteiger partial charge is 0.198 e. The molecule has 0 bridgehead atoms. The Kier molecular flexibility index (Phi) is 2.18.